The second kappa shape index (κ2) is 10.1. The first kappa shape index (κ1) is 21.7. The van der Waals surface area contributed by atoms with Crippen LogP contribution < -0.4 is 14.2 Å². The Morgan fingerprint density at radius 1 is 1.17 bits per heavy atom. The Kier molecular flexibility index (Phi) is 7.57. The minimum atomic E-state index is -0.103. The van der Waals surface area contributed by atoms with Gasteiger partial charge in [-0.3, -0.25) is 9.69 Å². The van der Waals surface area contributed by atoms with E-state index in [1.54, 1.807) is 20.2 Å². The number of likely N-dealkylation sites (N-methyl/N-ethyl adjacent to an activating group) is 1. The monoisotopic (exact) mass is 493 g/mol. The molecule has 1 fully saturated rings. The SMILES string of the molecule is COc1cc(/C=C2\SC(=S)N(C)C2=O)cc(Br)c1OCCCOc1ccccc1. The predicted molar refractivity (Wildman–Crippen MR) is 124 cm³/mol. The van der Waals surface area contributed by atoms with Crippen LogP contribution in [0.4, 0.5) is 0 Å². The smallest absolute Gasteiger partial charge is 0.265 e. The van der Waals surface area contributed by atoms with Gasteiger partial charge in [0.1, 0.15) is 10.1 Å². The van der Waals surface area contributed by atoms with Gasteiger partial charge in [-0.1, -0.05) is 42.2 Å². The van der Waals surface area contributed by atoms with Crippen LogP contribution in [-0.2, 0) is 4.79 Å². The van der Waals surface area contributed by atoms with Crippen LogP contribution in [0.15, 0.2) is 51.8 Å². The van der Waals surface area contributed by atoms with E-state index in [9.17, 15) is 4.79 Å². The van der Waals surface area contributed by atoms with E-state index < -0.39 is 0 Å². The molecule has 152 valence electrons. The number of hydrogen-bond acceptors (Lipinski definition) is 6. The first-order valence-electron chi connectivity index (χ1n) is 8.89. The molecule has 2 aromatic carbocycles. The normalized spacial score (nSPS) is 15.1. The number of thiocarbonyl (C=S) groups is 1. The number of halogens is 1. The molecule has 1 aliphatic heterocycles. The Morgan fingerprint density at radius 2 is 1.90 bits per heavy atom. The molecule has 3 rings (SSSR count). The number of ether oxygens (including phenoxy) is 3. The lowest BCUT2D eigenvalue weighted by atomic mass is 10.2. The molecule has 0 aromatic heterocycles. The average molecular weight is 494 g/mol. The Bertz CT molecular complexity index is 934. The summed E-state index contributed by atoms with van der Waals surface area (Å²) in [6, 6.07) is 13.4. The zero-order valence-corrected chi connectivity index (χ0v) is 19.2. The van der Waals surface area contributed by atoms with E-state index in [0.29, 0.717) is 33.9 Å². The summed E-state index contributed by atoms with van der Waals surface area (Å²) in [5, 5.41) is 0. The molecule has 0 radical (unpaired) electrons. The number of para-hydroxylation sites is 1. The number of amides is 1. The molecular formula is C21H20BrNO4S2. The van der Waals surface area contributed by atoms with Crippen molar-refractivity contribution in [3.63, 3.8) is 0 Å². The third kappa shape index (κ3) is 5.52. The van der Waals surface area contributed by atoms with Gasteiger partial charge in [-0.15, -0.1) is 0 Å². The molecule has 8 heteroatoms. The van der Waals surface area contributed by atoms with E-state index in [1.165, 1.54) is 16.7 Å². The van der Waals surface area contributed by atoms with Crippen molar-refractivity contribution in [2.24, 2.45) is 0 Å². The molecule has 0 aliphatic carbocycles. The number of benzene rings is 2. The van der Waals surface area contributed by atoms with Gasteiger partial charge in [0, 0.05) is 13.5 Å². The second-order valence-electron chi connectivity index (χ2n) is 6.14. The molecule has 1 amide bonds. The average Bonchev–Trinajstić information content (AvgIpc) is 2.96. The Hall–Kier alpha value is -2.03. The maximum absolute atomic E-state index is 12.2. The molecule has 5 nitrogen and oxygen atoms in total. The summed E-state index contributed by atoms with van der Waals surface area (Å²) in [6.45, 7) is 1.04. The number of carbonyl (C=O) groups is 1. The molecule has 0 spiro atoms. The molecule has 1 saturated heterocycles. The summed E-state index contributed by atoms with van der Waals surface area (Å²) in [4.78, 5) is 14.2. The Morgan fingerprint density at radius 3 is 2.55 bits per heavy atom. The standard InChI is InChI=1S/C21H20BrNO4S2/c1-23-20(24)18(29-21(23)28)13-14-11-16(22)19(17(12-14)25-2)27-10-6-9-26-15-7-4-3-5-8-15/h3-5,7-8,11-13H,6,9-10H2,1-2H3/b18-13-. The number of nitrogens with zero attached hydrogens (tertiary/aromatic N) is 1. The minimum Gasteiger partial charge on any atom is -0.493 e. The summed E-state index contributed by atoms with van der Waals surface area (Å²) in [5.41, 5.74) is 0.822. The van der Waals surface area contributed by atoms with Crippen molar-refractivity contribution in [3.05, 3.63) is 57.4 Å². The highest BCUT2D eigenvalue weighted by Gasteiger charge is 2.28. The van der Waals surface area contributed by atoms with Crippen molar-refractivity contribution in [1.82, 2.24) is 4.90 Å². The fraction of sp³-hybridized carbons (Fsp3) is 0.238. The first-order chi connectivity index (χ1) is 14.0. The topological polar surface area (TPSA) is 48.0 Å². The van der Waals surface area contributed by atoms with Crippen LogP contribution in [0, 0.1) is 0 Å². The first-order valence-corrected chi connectivity index (χ1v) is 10.9. The molecule has 0 saturated carbocycles. The summed E-state index contributed by atoms with van der Waals surface area (Å²) < 4.78 is 18.4. The second-order valence-corrected chi connectivity index (χ2v) is 8.67. The molecule has 0 N–H and O–H groups in total. The van der Waals surface area contributed by atoms with E-state index in [0.717, 1.165) is 22.2 Å². The molecule has 0 bridgehead atoms. The third-order valence-corrected chi connectivity index (χ3v) is 6.16. The highest BCUT2D eigenvalue weighted by molar-refractivity contribution is 9.10. The molecule has 1 aliphatic rings. The summed E-state index contributed by atoms with van der Waals surface area (Å²) >= 11 is 10.00. The third-order valence-electron chi connectivity index (χ3n) is 4.08. The van der Waals surface area contributed by atoms with Crippen LogP contribution in [0.25, 0.3) is 6.08 Å². The van der Waals surface area contributed by atoms with Gasteiger partial charge in [0.2, 0.25) is 0 Å². The lowest BCUT2D eigenvalue weighted by molar-refractivity contribution is -0.121. The van der Waals surface area contributed by atoms with Crippen LogP contribution in [0.1, 0.15) is 12.0 Å². The van der Waals surface area contributed by atoms with Gasteiger partial charge >= 0.3 is 0 Å². The number of hydrogen-bond donors (Lipinski definition) is 0. The van der Waals surface area contributed by atoms with Crippen LogP contribution in [-0.4, -0.2) is 42.5 Å². The Labute approximate surface area is 188 Å². The lowest BCUT2D eigenvalue weighted by Crippen LogP contribution is -2.22. The van der Waals surface area contributed by atoms with Crippen molar-refractivity contribution < 1.29 is 19.0 Å². The van der Waals surface area contributed by atoms with Gasteiger partial charge in [-0.2, -0.15) is 0 Å². The molecule has 1 heterocycles. The van der Waals surface area contributed by atoms with Gasteiger partial charge in [-0.25, -0.2) is 0 Å². The number of thioether (sulfide) groups is 1. The van der Waals surface area contributed by atoms with Crippen LogP contribution in [0.3, 0.4) is 0 Å². The fourth-order valence-corrected chi connectivity index (χ4v) is 4.35. The van der Waals surface area contributed by atoms with Crippen molar-refractivity contribution in [3.8, 4) is 17.2 Å². The van der Waals surface area contributed by atoms with E-state index in [1.807, 2.05) is 42.5 Å². The zero-order chi connectivity index (χ0) is 20.8. The van der Waals surface area contributed by atoms with Gasteiger partial charge in [0.25, 0.3) is 5.91 Å². The minimum absolute atomic E-state index is 0.103. The van der Waals surface area contributed by atoms with Crippen molar-refractivity contribution in [2.45, 2.75) is 6.42 Å². The number of rotatable bonds is 8. The molecule has 2 aromatic rings. The molecule has 0 unspecified atom stereocenters. The van der Waals surface area contributed by atoms with Crippen molar-refractivity contribution in [1.29, 1.82) is 0 Å². The van der Waals surface area contributed by atoms with Crippen LogP contribution in [0.5, 0.6) is 17.2 Å². The summed E-state index contributed by atoms with van der Waals surface area (Å²) in [6.07, 6.45) is 2.53. The van der Waals surface area contributed by atoms with Gasteiger partial charge in [0.15, 0.2) is 11.5 Å². The highest BCUT2D eigenvalue weighted by atomic mass is 79.9. The molecule has 29 heavy (non-hydrogen) atoms. The maximum Gasteiger partial charge on any atom is 0.265 e. The summed E-state index contributed by atoms with van der Waals surface area (Å²) in [7, 11) is 3.26. The van der Waals surface area contributed by atoms with E-state index in [2.05, 4.69) is 15.9 Å². The zero-order valence-electron chi connectivity index (χ0n) is 16.0. The number of methoxy groups -OCH3 is 1. The predicted octanol–water partition coefficient (Wildman–Crippen LogP) is 5.14. The van der Waals surface area contributed by atoms with Crippen molar-refractivity contribution >= 4 is 56.2 Å². The van der Waals surface area contributed by atoms with E-state index >= 15 is 0 Å². The van der Waals surface area contributed by atoms with Crippen molar-refractivity contribution in [2.75, 3.05) is 27.4 Å². The largest absolute Gasteiger partial charge is 0.493 e. The van der Waals surface area contributed by atoms with Gasteiger partial charge in [0.05, 0.1) is 29.7 Å². The highest BCUT2D eigenvalue weighted by Crippen LogP contribution is 2.39. The van der Waals surface area contributed by atoms with E-state index in [4.69, 9.17) is 26.4 Å². The van der Waals surface area contributed by atoms with E-state index in [-0.39, 0.29) is 5.91 Å². The number of carbonyl (C=O) groups excluding carboxylic acids is 1. The quantitative estimate of drug-likeness (QED) is 0.288. The van der Waals surface area contributed by atoms with Gasteiger partial charge in [-0.05, 0) is 51.8 Å². The Balaban J connectivity index is 1.63. The maximum atomic E-state index is 12.2. The molecule has 0 atom stereocenters. The summed E-state index contributed by atoms with van der Waals surface area (Å²) in [5.74, 6) is 1.94. The van der Waals surface area contributed by atoms with Crippen LogP contribution >= 0.6 is 39.9 Å². The fourth-order valence-electron chi connectivity index (χ4n) is 2.60. The molecular weight excluding hydrogens is 474 g/mol. The lowest BCUT2D eigenvalue weighted by Gasteiger charge is -2.14. The van der Waals surface area contributed by atoms with Crippen LogP contribution in [0.2, 0.25) is 0 Å². The van der Waals surface area contributed by atoms with Gasteiger partial charge < -0.3 is 14.2 Å².